The molecule has 0 saturated carbocycles. The van der Waals surface area contributed by atoms with Gasteiger partial charge in [0, 0.05) is 0 Å². The van der Waals surface area contributed by atoms with Crippen LogP contribution in [0.25, 0.3) is 0 Å². The van der Waals surface area contributed by atoms with Crippen LogP contribution >= 0.6 is 11.6 Å². The van der Waals surface area contributed by atoms with E-state index in [0.717, 1.165) is 24.8 Å². The maximum atomic E-state index is 12.4. The zero-order valence-electron chi connectivity index (χ0n) is 11.8. The molecule has 0 radical (unpaired) electrons. The smallest absolute Gasteiger partial charge is 0.243 e. The Morgan fingerprint density at radius 3 is 2.62 bits per heavy atom. The first-order chi connectivity index (χ1) is 10.3. The molecule has 0 fully saturated rings. The molecule has 3 heteroatoms. The van der Waals surface area contributed by atoms with Crippen molar-refractivity contribution in [1.82, 2.24) is 5.32 Å². The maximum absolute atomic E-state index is 12.4. The van der Waals surface area contributed by atoms with Crippen molar-refractivity contribution < 1.29 is 4.79 Å². The number of alkyl halides is 1. The number of fused-ring (bicyclic) bond motifs is 1. The number of carbonyl (C=O) groups is 1. The minimum atomic E-state index is -0.639. The molecule has 1 N–H and O–H groups in total. The van der Waals surface area contributed by atoms with E-state index < -0.39 is 5.38 Å². The molecule has 2 aromatic carbocycles. The number of rotatable bonds is 3. The first kappa shape index (κ1) is 14.2. The van der Waals surface area contributed by atoms with E-state index in [2.05, 4.69) is 23.5 Å². The van der Waals surface area contributed by atoms with E-state index in [0.29, 0.717) is 0 Å². The van der Waals surface area contributed by atoms with Crippen molar-refractivity contribution in [1.29, 1.82) is 0 Å². The molecule has 108 valence electrons. The summed E-state index contributed by atoms with van der Waals surface area (Å²) in [7, 11) is 0. The summed E-state index contributed by atoms with van der Waals surface area (Å²) in [6.45, 7) is 0. The lowest BCUT2D eigenvalue weighted by Crippen LogP contribution is -2.33. The lowest BCUT2D eigenvalue weighted by molar-refractivity contribution is -0.121. The summed E-state index contributed by atoms with van der Waals surface area (Å²) in [4.78, 5) is 12.4. The van der Waals surface area contributed by atoms with E-state index in [-0.39, 0.29) is 11.9 Å². The van der Waals surface area contributed by atoms with Crippen LogP contribution in [0.1, 0.15) is 41.0 Å². The number of nitrogens with one attached hydrogen (secondary N) is 1. The van der Waals surface area contributed by atoms with Crippen molar-refractivity contribution in [2.24, 2.45) is 0 Å². The topological polar surface area (TPSA) is 29.1 Å². The molecular formula is C18H18ClNO. The molecule has 2 nitrogen and oxygen atoms in total. The largest absolute Gasteiger partial charge is 0.348 e. The van der Waals surface area contributed by atoms with Gasteiger partial charge in [0.2, 0.25) is 5.91 Å². The fourth-order valence-electron chi connectivity index (χ4n) is 2.92. The number of hydrogen-bond acceptors (Lipinski definition) is 1. The fraction of sp³-hybridized carbons (Fsp3) is 0.278. The van der Waals surface area contributed by atoms with Crippen LogP contribution in [-0.4, -0.2) is 5.91 Å². The number of aryl methyl sites for hydroxylation is 1. The highest BCUT2D eigenvalue weighted by Crippen LogP contribution is 2.30. The molecule has 0 aromatic heterocycles. The van der Waals surface area contributed by atoms with E-state index >= 15 is 0 Å². The first-order valence-electron chi connectivity index (χ1n) is 7.33. The van der Waals surface area contributed by atoms with Crippen LogP contribution in [0.15, 0.2) is 54.6 Å². The zero-order chi connectivity index (χ0) is 14.7. The molecule has 2 atom stereocenters. The Morgan fingerprint density at radius 2 is 1.81 bits per heavy atom. The van der Waals surface area contributed by atoms with Crippen LogP contribution in [0.5, 0.6) is 0 Å². The van der Waals surface area contributed by atoms with E-state index in [4.69, 9.17) is 11.6 Å². The molecule has 0 unspecified atom stereocenters. The average Bonchev–Trinajstić information content (AvgIpc) is 2.55. The molecule has 0 spiro atoms. The average molecular weight is 300 g/mol. The van der Waals surface area contributed by atoms with Crippen molar-refractivity contribution in [2.45, 2.75) is 30.7 Å². The summed E-state index contributed by atoms with van der Waals surface area (Å²) < 4.78 is 0. The van der Waals surface area contributed by atoms with Gasteiger partial charge < -0.3 is 5.32 Å². The molecule has 1 amide bonds. The normalized spacial score (nSPS) is 18.6. The predicted molar refractivity (Wildman–Crippen MR) is 85.3 cm³/mol. The standard InChI is InChI=1S/C18H18ClNO/c19-17(14-8-2-1-3-9-14)18(21)20-16-12-6-10-13-7-4-5-11-15(13)16/h1-5,7-9,11,16-17H,6,10,12H2,(H,20,21)/t16-,17-/m1/s1. The number of hydrogen-bond donors (Lipinski definition) is 1. The van der Waals surface area contributed by atoms with Gasteiger partial charge in [0.05, 0.1) is 6.04 Å². The molecule has 2 aromatic rings. The van der Waals surface area contributed by atoms with Gasteiger partial charge in [-0.2, -0.15) is 0 Å². The van der Waals surface area contributed by atoms with Gasteiger partial charge in [-0.1, -0.05) is 54.6 Å². The minimum absolute atomic E-state index is 0.0763. The van der Waals surface area contributed by atoms with Gasteiger partial charge in [0.25, 0.3) is 0 Å². The predicted octanol–water partition coefficient (Wildman–Crippen LogP) is 4.16. The van der Waals surface area contributed by atoms with Gasteiger partial charge in [-0.15, -0.1) is 11.6 Å². The Labute approximate surface area is 130 Å². The second-order valence-electron chi connectivity index (χ2n) is 5.43. The van der Waals surface area contributed by atoms with Crippen LogP contribution in [0.2, 0.25) is 0 Å². The molecule has 1 aliphatic rings. The van der Waals surface area contributed by atoms with Gasteiger partial charge in [-0.05, 0) is 36.0 Å². The Bertz CT molecular complexity index is 626. The van der Waals surface area contributed by atoms with Crippen LogP contribution in [-0.2, 0) is 11.2 Å². The van der Waals surface area contributed by atoms with Crippen molar-refractivity contribution >= 4 is 17.5 Å². The van der Waals surface area contributed by atoms with Crippen LogP contribution in [0, 0.1) is 0 Å². The lowest BCUT2D eigenvalue weighted by Gasteiger charge is -2.27. The summed E-state index contributed by atoms with van der Waals surface area (Å²) in [6.07, 6.45) is 3.16. The van der Waals surface area contributed by atoms with Crippen molar-refractivity contribution in [3.63, 3.8) is 0 Å². The molecule has 3 rings (SSSR count). The molecular weight excluding hydrogens is 282 g/mol. The van der Waals surface area contributed by atoms with Gasteiger partial charge in [0.1, 0.15) is 5.38 Å². The van der Waals surface area contributed by atoms with Crippen LogP contribution in [0.4, 0.5) is 0 Å². The third-order valence-corrected chi connectivity index (χ3v) is 4.46. The molecule has 21 heavy (non-hydrogen) atoms. The Kier molecular flexibility index (Phi) is 4.26. The Balaban J connectivity index is 1.74. The second kappa shape index (κ2) is 6.31. The highest BCUT2D eigenvalue weighted by molar-refractivity contribution is 6.30. The fourth-order valence-corrected chi connectivity index (χ4v) is 3.13. The summed E-state index contributed by atoms with van der Waals surface area (Å²) in [6, 6.07) is 17.9. The van der Waals surface area contributed by atoms with Crippen molar-refractivity contribution in [3.8, 4) is 0 Å². The summed E-state index contributed by atoms with van der Waals surface area (Å²) in [5.41, 5.74) is 3.40. The second-order valence-corrected chi connectivity index (χ2v) is 5.86. The maximum Gasteiger partial charge on any atom is 0.243 e. The third-order valence-electron chi connectivity index (χ3n) is 4.01. The number of halogens is 1. The van der Waals surface area contributed by atoms with Crippen LogP contribution in [0.3, 0.4) is 0 Å². The van der Waals surface area contributed by atoms with E-state index in [9.17, 15) is 4.79 Å². The molecule has 1 aliphatic carbocycles. The zero-order valence-corrected chi connectivity index (χ0v) is 12.5. The van der Waals surface area contributed by atoms with Gasteiger partial charge >= 0.3 is 0 Å². The highest BCUT2D eigenvalue weighted by Gasteiger charge is 2.25. The molecule has 0 saturated heterocycles. The van der Waals surface area contributed by atoms with E-state index in [1.165, 1.54) is 11.1 Å². The summed E-state index contributed by atoms with van der Waals surface area (Å²) in [5, 5.41) is 2.46. The van der Waals surface area contributed by atoms with E-state index in [1.54, 1.807) is 0 Å². The van der Waals surface area contributed by atoms with Crippen molar-refractivity contribution in [3.05, 3.63) is 71.3 Å². The highest BCUT2D eigenvalue weighted by atomic mass is 35.5. The molecule has 0 aliphatic heterocycles. The molecule has 0 heterocycles. The van der Waals surface area contributed by atoms with Gasteiger partial charge in [0.15, 0.2) is 0 Å². The lowest BCUT2D eigenvalue weighted by atomic mass is 9.87. The minimum Gasteiger partial charge on any atom is -0.348 e. The van der Waals surface area contributed by atoms with Crippen molar-refractivity contribution in [2.75, 3.05) is 0 Å². The number of amides is 1. The SMILES string of the molecule is O=C(N[C@@H]1CCCc2ccccc21)[C@H](Cl)c1ccccc1. The Hall–Kier alpha value is -1.80. The number of benzene rings is 2. The monoisotopic (exact) mass is 299 g/mol. The Morgan fingerprint density at radius 1 is 1.10 bits per heavy atom. The summed E-state index contributed by atoms with van der Waals surface area (Å²) in [5.74, 6) is -0.121. The van der Waals surface area contributed by atoms with Gasteiger partial charge in [-0.25, -0.2) is 0 Å². The van der Waals surface area contributed by atoms with Crippen LogP contribution < -0.4 is 5.32 Å². The van der Waals surface area contributed by atoms with Gasteiger partial charge in [-0.3, -0.25) is 4.79 Å². The first-order valence-corrected chi connectivity index (χ1v) is 7.76. The quantitative estimate of drug-likeness (QED) is 0.847. The number of carbonyl (C=O) groups excluding carboxylic acids is 1. The summed E-state index contributed by atoms with van der Waals surface area (Å²) >= 11 is 6.29. The third kappa shape index (κ3) is 3.11. The molecule has 0 bridgehead atoms. The van der Waals surface area contributed by atoms with E-state index in [1.807, 2.05) is 36.4 Å².